The minimum Gasteiger partial charge on any atom is -0.294 e. The summed E-state index contributed by atoms with van der Waals surface area (Å²) in [4.78, 5) is 11.5. The van der Waals surface area contributed by atoms with Crippen molar-refractivity contribution in [2.45, 2.75) is 19.9 Å². The van der Waals surface area contributed by atoms with E-state index in [-0.39, 0.29) is 17.9 Å². The predicted octanol–water partition coefficient (Wildman–Crippen LogP) is 1.74. The van der Waals surface area contributed by atoms with Gasteiger partial charge >= 0.3 is 0 Å². The smallest absolute Gasteiger partial charge is 0.238 e. The van der Waals surface area contributed by atoms with E-state index in [9.17, 15) is 4.79 Å². The standard InChI is InChI=1S/C14H18N4O/c1-10(14(19)17-15)11(2)18-9-13(8-16-18)12-6-4-3-5-7-12/h3-11H,15H2,1-2H3,(H,17,19). The Bertz CT molecular complexity index is 550. The second-order valence-electron chi connectivity index (χ2n) is 4.61. The zero-order chi connectivity index (χ0) is 13.8. The average Bonchev–Trinajstić information content (AvgIpc) is 2.95. The highest BCUT2D eigenvalue weighted by atomic mass is 16.2. The zero-order valence-corrected chi connectivity index (χ0v) is 11.1. The highest BCUT2D eigenvalue weighted by molar-refractivity contribution is 5.78. The lowest BCUT2D eigenvalue weighted by Crippen LogP contribution is -2.37. The van der Waals surface area contributed by atoms with Crippen molar-refractivity contribution in [1.29, 1.82) is 0 Å². The largest absolute Gasteiger partial charge is 0.294 e. The molecule has 1 heterocycles. The molecule has 0 aliphatic rings. The molecule has 5 nitrogen and oxygen atoms in total. The summed E-state index contributed by atoms with van der Waals surface area (Å²) in [7, 11) is 0. The van der Waals surface area contributed by atoms with Crippen LogP contribution in [0, 0.1) is 5.92 Å². The highest BCUT2D eigenvalue weighted by Gasteiger charge is 2.21. The van der Waals surface area contributed by atoms with Crippen LogP contribution in [0.5, 0.6) is 0 Å². The first-order valence-corrected chi connectivity index (χ1v) is 6.23. The van der Waals surface area contributed by atoms with Crippen LogP contribution in [0.3, 0.4) is 0 Å². The molecular weight excluding hydrogens is 240 g/mol. The molecule has 0 bridgehead atoms. The molecule has 0 spiro atoms. The van der Waals surface area contributed by atoms with E-state index in [1.165, 1.54) is 0 Å². The molecule has 0 radical (unpaired) electrons. The zero-order valence-electron chi connectivity index (χ0n) is 11.1. The third-order valence-corrected chi connectivity index (χ3v) is 3.41. The SMILES string of the molecule is CC(C(=O)NN)C(C)n1cc(-c2ccccc2)cn1. The van der Waals surface area contributed by atoms with Crippen LogP contribution in [-0.4, -0.2) is 15.7 Å². The first-order valence-electron chi connectivity index (χ1n) is 6.23. The number of rotatable bonds is 4. The molecule has 1 aromatic heterocycles. The van der Waals surface area contributed by atoms with Gasteiger partial charge in [0.05, 0.1) is 18.2 Å². The van der Waals surface area contributed by atoms with Gasteiger partial charge in [0.15, 0.2) is 0 Å². The second-order valence-corrected chi connectivity index (χ2v) is 4.61. The maximum Gasteiger partial charge on any atom is 0.238 e. The van der Waals surface area contributed by atoms with Crippen LogP contribution >= 0.6 is 0 Å². The molecule has 2 unspecified atom stereocenters. The summed E-state index contributed by atoms with van der Waals surface area (Å²) < 4.78 is 1.79. The third-order valence-electron chi connectivity index (χ3n) is 3.41. The van der Waals surface area contributed by atoms with Crippen LogP contribution in [0.15, 0.2) is 42.7 Å². The van der Waals surface area contributed by atoms with Crippen LogP contribution in [0.2, 0.25) is 0 Å². The van der Waals surface area contributed by atoms with E-state index in [0.29, 0.717) is 0 Å². The fourth-order valence-corrected chi connectivity index (χ4v) is 1.92. The topological polar surface area (TPSA) is 72.9 Å². The molecule has 5 heteroatoms. The molecule has 2 aromatic rings. The van der Waals surface area contributed by atoms with E-state index >= 15 is 0 Å². The molecule has 3 N–H and O–H groups in total. The van der Waals surface area contributed by atoms with Gasteiger partial charge in [0.1, 0.15) is 0 Å². The number of amides is 1. The molecule has 2 rings (SSSR count). The van der Waals surface area contributed by atoms with Crippen molar-refractivity contribution < 1.29 is 4.79 Å². The number of nitrogens with zero attached hydrogens (tertiary/aromatic N) is 2. The molecule has 1 amide bonds. The van der Waals surface area contributed by atoms with Gasteiger partial charge in [0.2, 0.25) is 5.91 Å². The molecule has 0 saturated carbocycles. The van der Waals surface area contributed by atoms with Crippen LogP contribution in [-0.2, 0) is 4.79 Å². The van der Waals surface area contributed by atoms with Crippen molar-refractivity contribution in [1.82, 2.24) is 15.2 Å². The van der Waals surface area contributed by atoms with Gasteiger partial charge in [0, 0.05) is 11.8 Å². The van der Waals surface area contributed by atoms with Crippen molar-refractivity contribution in [3.8, 4) is 11.1 Å². The molecule has 0 aliphatic heterocycles. The summed E-state index contributed by atoms with van der Waals surface area (Å²) in [5.74, 6) is 4.72. The second kappa shape index (κ2) is 5.67. The minimum atomic E-state index is -0.242. The summed E-state index contributed by atoms with van der Waals surface area (Å²) in [6.07, 6.45) is 3.75. The quantitative estimate of drug-likeness (QED) is 0.498. The van der Waals surface area contributed by atoms with Crippen LogP contribution in [0.1, 0.15) is 19.9 Å². The van der Waals surface area contributed by atoms with Gasteiger partial charge in [-0.25, -0.2) is 5.84 Å². The summed E-state index contributed by atoms with van der Waals surface area (Å²) in [5, 5.41) is 4.33. The number of hydrogen-bond acceptors (Lipinski definition) is 3. The number of nitrogens with two attached hydrogens (primary N) is 1. The van der Waals surface area contributed by atoms with Gasteiger partial charge in [-0.3, -0.25) is 14.9 Å². The molecule has 2 atom stereocenters. The van der Waals surface area contributed by atoms with Gasteiger partial charge in [-0.2, -0.15) is 5.10 Å². The molecule has 0 fully saturated rings. The lowest BCUT2D eigenvalue weighted by Gasteiger charge is -2.18. The number of benzene rings is 1. The van der Waals surface area contributed by atoms with Gasteiger partial charge in [-0.05, 0) is 12.5 Å². The fourth-order valence-electron chi connectivity index (χ4n) is 1.92. The third kappa shape index (κ3) is 2.82. The van der Waals surface area contributed by atoms with E-state index in [1.54, 1.807) is 10.9 Å². The Kier molecular flexibility index (Phi) is 3.97. The summed E-state index contributed by atoms with van der Waals surface area (Å²) in [5.41, 5.74) is 4.32. The lowest BCUT2D eigenvalue weighted by atomic mass is 10.0. The maximum absolute atomic E-state index is 11.5. The van der Waals surface area contributed by atoms with Crippen LogP contribution in [0.25, 0.3) is 11.1 Å². The summed E-state index contributed by atoms with van der Waals surface area (Å²) in [6.45, 7) is 3.78. The summed E-state index contributed by atoms with van der Waals surface area (Å²) >= 11 is 0. The Balaban J connectivity index is 2.20. The van der Waals surface area contributed by atoms with E-state index in [1.807, 2.05) is 50.4 Å². The molecule has 19 heavy (non-hydrogen) atoms. The van der Waals surface area contributed by atoms with Crippen LogP contribution < -0.4 is 11.3 Å². The van der Waals surface area contributed by atoms with Crippen molar-refractivity contribution in [3.63, 3.8) is 0 Å². The van der Waals surface area contributed by atoms with E-state index in [4.69, 9.17) is 5.84 Å². The van der Waals surface area contributed by atoms with Crippen molar-refractivity contribution in [2.24, 2.45) is 11.8 Å². The number of carbonyl (C=O) groups is 1. The van der Waals surface area contributed by atoms with Crippen LogP contribution in [0.4, 0.5) is 0 Å². The Hall–Kier alpha value is -2.14. The molecular formula is C14H18N4O. The predicted molar refractivity (Wildman–Crippen MR) is 73.9 cm³/mol. The molecule has 1 aromatic carbocycles. The van der Waals surface area contributed by atoms with E-state index < -0.39 is 0 Å². The van der Waals surface area contributed by atoms with Gasteiger partial charge in [-0.15, -0.1) is 0 Å². The van der Waals surface area contributed by atoms with E-state index in [2.05, 4.69) is 10.5 Å². The van der Waals surface area contributed by atoms with Gasteiger partial charge in [-0.1, -0.05) is 37.3 Å². The molecule has 100 valence electrons. The first kappa shape index (κ1) is 13.3. The Morgan fingerprint density at radius 2 is 1.95 bits per heavy atom. The number of hydrazine groups is 1. The summed E-state index contributed by atoms with van der Waals surface area (Å²) in [6, 6.07) is 9.95. The average molecular weight is 258 g/mol. The number of aromatic nitrogens is 2. The molecule has 0 saturated heterocycles. The Labute approximate surface area is 112 Å². The number of nitrogens with one attached hydrogen (secondary N) is 1. The lowest BCUT2D eigenvalue weighted by molar-refractivity contribution is -0.125. The fraction of sp³-hybridized carbons (Fsp3) is 0.286. The normalized spacial score (nSPS) is 13.8. The highest BCUT2D eigenvalue weighted by Crippen LogP contribution is 2.22. The minimum absolute atomic E-state index is 0.0546. The Morgan fingerprint density at radius 3 is 2.58 bits per heavy atom. The number of hydrogen-bond donors (Lipinski definition) is 2. The monoisotopic (exact) mass is 258 g/mol. The van der Waals surface area contributed by atoms with Crippen molar-refractivity contribution in [3.05, 3.63) is 42.7 Å². The van der Waals surface area contributed by atoms with Gasteiger partial charge < -0.3 is 0 Å². The Morgan fingerprint density at radius 1 is 1.26 bits per heavy atom. The van der Waals surface area contributed by atoms with Gasteiger partial charge in [0.25, 0.3) is 0 Å². The number of carbonyl (C=O) groups excluding carboxylic acids is 1. The first-order chi connectivity index (χ1) is 9.13. The van der Waals surface area contributed by atoms with Crippen molar-refractivity contribution in [2.75, 3.05) is 0 Å². The molecule has 0 aliphatic carbocycles. The van der Waals surface area contributed by atoms with E-state index in [0.717, 1.165) is 11.1 Å². The van der Waals surface area contributed by atoms with Crippen molar-refractivity contribution >= 4 is 5.91 Å². The maximum atomic E-state index is 11.5.